The Morgan fingerprint density at radius 1 is 1.40 bits per heavy atom. The molecule has 1 aliphatic carbocycles. The number of rotatable bonds is 2. The summed E-state index contributed by atoms with van der Waals surface area (Å²) in [6.45, 7) is 3.10. The fourth-order valence-corrected chi connectivity index (χ4v) is 2.70. The maximum atomic E-state index is 11.0. The molecule has 3 rings (SSSR count). The van der Waals surface area contributed by atoms with Crippen molar-refractivity contribution in [2.24, 2.45) is 0 Å². The summed E-state index contributed by atoms with van der Waals surface area (Å²) in [4.78, 5) is 15.7. The van der Waals surface area contributed by atoms with Crippen molar-refractivity contribution in [3.63, 3.8) is 0 Å². The predicted octanol–water partition coefficient (Wildman–Crippen LogP) is 2.15. The van der Waals surface area contributed by atoms with Crippen LogP contribution < -0.4 is 0 Å². The summed E-state index contributed by atoms with van der Waals surface area (Å²) in [5.41, 5.74) is 2.27. The minimum absolute atomic E-state index is 0.0961. The first-order valence-corrected chi connectivity index (χ1v) is 5.83. The van der Waals surface area contributed by atoms with Crippen LogP contribution in [-0.4, -0.2) is 15.8 Å². The Hall–Kier alpha value is -1.12. The highest BCUT2D eigenvalue weighted by Gasteiger charge is 2.33. The zero-order chi connectivity index (χ0) is 10.4. The summed E-state index contributed by atoms with van der Waals surface area (Å²) >= 11 is 0. The van der Waals surface area contributed by atoms with Gasteiger partial charge in [-0.1, -0.05) is 0 Å². The first-order chi connectivity index (χ1) is 7.31. The lowest BCUT2D eigenvalue weighted by Crippen LogP contribution is -2.18. The minimum Gasteiger partial charge on any atom is -0.331 e. The maximum absolute atomic E-state index is 11.0. The van der Waals surface area contributed by atoms with E-state index in [4.69, 9.17) is 0 Å². The normalized spacial score (nSPS) is 25.0. The highest BCUT2D eigenvalue weighted by Crippen LogP contribution is 2.42. The van der Waals surface area contributed by atoms with Crippen LogP contribution in [0.5, 0.6) is 0 Å². The van der Waals surface area contributed by atoms with Gasteiger partial charge in [0.1, 0.15) is 12.1 Å². The number of carbonyl (C=O) groups is 1. The van der Waals surface area contributed by atoms with Gasteiger partial charge in [0.2, 0.25) is 0 Å². The monoisotopic (exact) mass is 204 g/mol. The van der Waals surface area contributed by atoms with E-state index in [2.05, 4.69) is 9.55 Å². The number of carbonyl (C=O) groups excluding carboxylic acids is 1. The maximum Gasteiger partial charge on any atom is 0.129 e. The Kier molecular flexibility index (Phi) is 1.94. The Morgan fingerprint density at radius 3 is 2.87 bits per heavy atom. The minimum atomic E-state index is 0.0961. The zero-order valence-corrected chi connectivity index (χ0v) is 9.07. The van der Waals surface area contributed by atoms with Gasteiger partial charge in [0.15, 0.2) is 0 Å². The number of aromatic nitrogens is 2. The van der Waals surface area contributed by atoms with Crippen LogP contribution in [0, 0.1) is 6.92 Å². The number of hydrogen-bond acceptors (Lipinski definition) is 2. The van der Waals surface area contributed by atoms with Crippen LogP contribution in [0.1, 0.15) is 54.7 Å². The van der Waals surface area contributed by atoms with E-state index >= 15 is 0 Å². The third kappa shape index (κ3) is 1.33. The molecule has 15 heavy (non-hydrogen) atoms. The molecule has 3 heteroatoms. The summed E-state index contributed by atoms with van der Waals surface area (Å²) in [7, 11) is 0. The van der Waals surface area contributed by atoms with E-state index < -0.39 is 0 Å². The lowest BCUT2D eigenvalue weighted by atomic mass is 9.96. The summed E-state index contributed by atoms with van der Waals surface area (Å²) in [5, 5.41) is 0. The van der Waals surface area contributed by atoms with E-state index in [1.54, 1.807) is 0 Å². The van der Waals surface area contributed by atoms with Crippen molar-refractivity contribution in [2.45, 2.75) is 51.0 Å². The number of aldehydes is 1. The molecule has 1 aliphatic heterocycles. The lowest BCUT2D eigenvalue weighted by molar-refractivity contribution is -0.109. The summed E-state index contributed by atoms with van der Waals surface area (Å²) in [5.74, 6) is 2.02. The molecule has 0 N–H and O–H groups in total. The molecule has 3 nitrogen and oxygen atoms in total. The Bertz CT molecular complexity index is 404. The zero-order valence-electron chi connectivity index (χ0n) is 9.07. The molecule has 1 fully saturated rings. The fraction of sp³-hybridized carbons (Fsp3) is 0.667. The van der Waals surface area contributed by atoms with Crippen molar-refractivity contribution in [3.8, 4) is 0 Å². The smallest absolute Gasteiger partial charge is 0.129 e. The van der Waals surface area contributed by atoms with Crippen molar-refractivity contribution in [2.75, 3.05) is 0 Å². The van der Waals surface area contributed by atoms with E-state index in [1.807, 2.05) is 6.92 Å². The number of imidazole rings is 1. The van der Waals surface area contributed by atoms with Gasteiger partial charge in [-0.3, -0.25) is 0 Å². The van der Waals surface area contributed by atoms with Crippen LogP contribution in [-0.2, 0) is 11.3 Å². The van der Waals surface area contributed by atoms with Crippen molar-refractivity contribution >= 4 is 6.29 Å². The number of fused-ring (bicyclic) bond motifs is 1. The highest BCUT2D eigenvalue weighted by atomic mass is 16.1. The first kappa shape index (κ1) is 9.13. The van der Waals surface area contributed by atoms with Gasteiger partial charge < -0.3 is 9.36 Å². The second-order valence-corrected chi connectivity index (χ2v) is 4.75. The average Bonchev–Trinajstić information content (AvgIpc) is 3.04. The molecule has 2 aliphatic rings. The highest BCUT2D eigenvalue weighted by molar-refractivity contribution is 5.62. The molecule has 2 heterocycles. The number of hydrogen-bond donors (Lipinski definition) is 0. The second kappa shape index (κ2) is 3.19. The van der Waals surface area contributed by atoms with Gasteiger partial charge in [-0.25, -0.2) is 4.98 Å². The molecular formula is C12H16N2O. The van der Waals surface area contributed by atoms with Crippen LogP contribution >= 0.6 is 0 Å². The Balaban J connectivity index is 2.10. The molecule has 1 saturated carbocycles. The number of nitrogens with zero attached hydrogens (tertiary/aromatic N) is 2. The molecule has 0 bridgehead atoms. The van der Waals surface area contributed by atoms with Gasteiger partial charge in [0.25, 0.3) is 0 Å². The first-order valence-electron chi connectivity index (χ1n) is 5.83. The van der Waals surface area contributed by atoms with Gasteiger partial charge in [-0.2, -0.15) is 0 Å². The van der Waals surface area contributed by atoms with Gasteiger partial charge in [-0.05, 0) is 32.6 Å². The Morgan fingerprint density at radius 2 is 2.20 bits per heavy atom. The topological polar surface area (TPSA) is 34.9 Å². The third-order valence-electron chi connectivity index (χ3n) is 3.58. The van der Waals surface area contributed by atoms with Crippen LogP contribution in [0.15, 0.2) is 0 Å². The summed E-state index contributed by atoms with van der Waals surface area (Å²) < 4.78 is 2.32. The van der Waals surface area contributed by atoms with Gasteiger partial charge >= 0.3 is 0 Å². The van der Waals surface area contributed by atoms with Crippen LogP contribution in [0.4, 0.5) is 0 Å². The molecule has 0 amide bonds. The van der Waals surface area contributed by atoms with E-state index in [1.165, 1.54) is 24.4 Å². The van der Waals surface area contributed by atoms with Crippen LogP contribution in [0.3, 0.4) is 0 Å². The van der Waals surface area contributed by atoms with E-state index in [0.717, 1.165) is 31.4 Å². The molecule has 80 valence electrons. The van der Waals surface area contributed by atoms with Crippen molar-refractivity contribution < 1.29 is 4.79 Å². The molecule has 0 aromatic carbocycles. The molecule has 0 saturated heterocycles. The van der Waals surface area contributed by atoms with Crippen LogP contribution in [0.25, 0.3) is 0 Å². The molecule has 1 aromatic rings. The standard InChI is InChI=1S/C12H16N2O/c1-8-11-10(7-15)3-2-6-14(11)12(13-8)9-4-5-9/h7,9-10H,2-6H2,1H3. The van der Waals surface area contributed by atoms with Crippen molar-refractivity contribution in [1.29, 1.82) is 0 Å². The quantitative estimate of drug-likeness (QED) is 0.692. The number of aryl methyl sites for hydroxylation is 1. The Labute approximate surface area is 89.5 Å². The average molecular weight is 204 g/mol. The fourth-order valence-electron chi connectivity index (χ4n) is 2.70. The summed E-state index contributed by atoms with van der Waals surface area (Å²) in [6, 6.07) is 0. The molecule has 1 atom stereocenters. The SMILES string of the molecule is Cc1nc(C2CC2)n2c1C(C=O)CCC2. The molecule has 1 unspecified atom stereocenters. The predicted molar refractivity (Wildman–Crippen MR) is 57.0 cm³/mol. The molecule has 0 radical (unpaired) electrons. The molecule has 0 spiro atoms. The second-order valence-electron chi connectivity index (χ2n) is 4.75. The largest absolute Gasteiger partial charge is 0.331 e. The van der Waals surface area contributed by atoms with Crippen molar-refractivity contribution in [3.05, 3.63) is 17.2 Å². The molecular weight excluding hydrogens is 188 g/mol. The van der Waals surface area contributed by atoms with Gasteiger partial charge in [-0.15, -0.1) is 0 Å². The van der Waals surface area contributed by atoms with Crippen LogP contribution in [0.2, 0.25) is 0 Å². The van der Waals surface area contributed by atoms with E-state index in [-0.39, 0.29) is 5.92 Å². The van der Waals surface area contributed by atoms with Crippen molar-refractivity contribution in [1.82, 2.24) is 9.55 Å². The van der Waals surface area contributed by atoms with Gasteiger partial charge in [0.05, 0.1) is 17.3 Å². The molecule has 1 aromatic heterocycles. The van der Waals surface area contributed by atoms with E-state index in [0.29, 0.717) is 5.92 Å². The lowest BCUT2D eigenvalue weighted by Gasteiger charge is -2.22. The summed E-state index contributed by atoms with van der Waals surface area (Å²) in [6.07, 6.45) is 5.77. The third-order valence-corrected chi connectivity index (χ3v) is 3.58. The van der Waals surface area contributed by atoms with E-state index in [9.17, 15) is 4.79 Å². The van der Waals surface area contributed by atoms with Gasteiger partial charge in [0, 0.05) is 12.5 Å².